The van der Waals surface area contributed by atoms with Gasteiger partial charge in [0.15, 0.2) is 5.82 Å². The van der Waals surface area contributed by atoms with Gasteiger partial charge in [0.1, 0.15) is 5.15 Å². The molecule has 2 rings (SSSR count). The highest BCUT2D eigenvalue weighted by atomic mass is 35.5. The number of thiophene rings is 1. The lowest BCUT2D eigenvalue weighted by Crippen LogP contribution is -1.98. The van der Waals surface area contributed by atoms with Crippen LogP contribution in [0, 0.1) is 13.8 Å². The molecule has 0 amide bonds. The lowest BCUT2D eigenvalue weighted by atomic mass is 10.2. The molecule has 0 radical (unpaired) electrons. The van der Waals surface area contributed by atoms with E-state index in [4.69, 9.17) is 11.6 Å². The topological polar surface area (TPSA) is 25.8 Å². The van der Waals surface area contributed by atoms with E-state index in [1.807, 2.05) is 13.0 Å². The molecular formula is C12H13ClN2S. The van der Waals surface area contributed by atoms with Gasteiger partial charge in [-0.15, -0.1) is 11.3 Å². The molecule has 0 aliphatic rings. The molecule has 0 saturated carbocycles. The summed E-state index contributed by atoms with van der Waals surface area (Å²) in [6.45, 7) is 6.12. The summed E-state index contributed by atoms with van der Waals surface area (Å²) in [6, 6.07) is 4.11. The molecule has 2 nitrogen and oxygen atoms in total. The first-order valence-electron chi connectivity index (χ1n) is 5.21. The second-order valence-corrected chi connectivity index (χ2v) is 5.31. The zero-order valence-electron chi connectivity index (χ0n) is 9.54. The lowest BCUT2D eigenvalue weighted by Gasteiger charge is -2.06. The Hall–Kier alpha value is -0.930. The molecule has 0 atom stereocenters. The number of aryl methyl sites for hydroxylation is 2. The Bertz CT molecular complexity index is 496. The summed E-state index contributed by atoms with van der Waals surface area (Å²) in [6.07, 6.45) is 0.869. The van der Waals surface area contributed by atoms with Gasteiger partial charge in [-0.1, -0.05) is 18.5 Å². The smallest absolute Gasteiger partial charge is 0.171 e. The molecule has 0 fully saturated rings. The summed E-state index contributed by atoms with van der Waals surface area (Å²) in [4.78, 5) is 11.2. The largest absolute Gasteiger partial charge is 0.232 e. The van der Waals surface area contributed by atoms with E-state index in [1.165, 1.54) is 4.88 Å². The minimum absolute atomic E-state index is 0.580. The number of aromatic nitrogens is 2. The van der Waals surface area contributed by atoms with Gasteiger partial charge in [0.05, 0.1) is 4.88 Å². The minimum Gasteiger partial charge on any atom is -0.232 e. The quantitative estimate of drug-likeness (QED) is 0.754. The Kier molecular flexibility index (Phi) is 3.26. The second kappa shape index (κ2) is 4.52. The Balaban J connectivity index is 2.52. The highest BCUT2D eigenvalue weighted by Gasteiger charge is 2.10. The van der Waals surface area contributed by atoms with Crippen molar-refractivity contribution in [2.45, 2.75) is 27.2 Å². The number of hydrogen-bond donors (Lipinski definition) is 0. The van der Waals surface area contributed by atoms with Crippen molar-refractivity contribution in [1.29, 1.82) is 0 Å². The Morgan fingerprint density at radius 3 is 2.50 bits per heavy atom. The first-order valence-corrected chi connectivity index (χ1v) is 6.41. The predicted octanol–water partition coefficient (Wildman–Crippen LogP) is 4.04. The van der Waals surface area contributed by atoms with Gasteiger partial charge in [0, 0.05) is 16.1 Å². The summed E-state index contributed by atoms with van der Waals surface area (Å²) in [5.41, 5.74) is 2.02. The van der Waals surface area contributed by atoms with Crippen molar-refractivity contribution in [3.63, 3.8) is 0 Å². The summed E-state index contributed by atoms with van der Waals surface area (Å²) >= 11 is 7.83. The molecule has 0 saturated heterocycles. The van der Waals surface area contributed by atoms with Gasteiger partial charge in [-0.3, -0.25) is 0 Å². The van der Waals surface area contributed by atoms with Gasteiger partial charge in [-0.05, 0) is 32.4 Å². The minimum atomic E-state index is 0.580. The van der Waals surface area contributed by atoms with Crippen molar-refractivity contribution in [3.05, 3.63) is 33.4 Å². The van der Waals surface area contributed by atoms with Gasteiger partial charge in [-0.2, -0.15) is 0 Å². The molecule has 0 aliphatic heterocycles. The van der Waals surface area contributed by atoms with E-state index < -0.39 is 0 Å². The van der Waals surface area contributed by atoms with Gasteiger partial charge in [0.25, 0.3) is 0 Å². The Labute approximate surface area is 104 Å². The van der Waals surface area contributed by atoms with Crippen LogP contribution < -0.4 is 0 Å². The number of halogens is 1. The van der Waals surface area contributed by atoms with E-state index in [1.54, 1.807) is 11.3 Å². The van der Waals surface area contributed by atoms with Crippen LogP contribution in [0.3, 0.4) is 0 Å². The van der Waals surface area contributed by atoms with Crippen molar-refractivity contribution >= 4 is 22.9 Å². The average molecular weight is 253 g/mol. The van der Waals surface area contributed by atoms with Crippen LogP contribution in [0.5, 0.6) is 0 Å². The maximum Gasteiger partial charge on any atom is 0.171 e. The lowest BCUT2D eigenvalue weighted by molar-refractivity contribution is 1.00. The van der Waals surface area contributed by atoms with E-state index in [0.717, 1.165) is 28.4 Å². The van der Waals surface area contributed by atoms with Gasteiger partial charge >= 0.3 is 0 Å². The molecule has 2 heterocycles. The van der Waals surface area contributed by atoms with Gasteiger partial charge in [-0.25, -0.2) is 9.97 Å². The SMILES string of the molecule is CCc1c(C)nc(-c2ccc(C)s2)nc1Cl. The summed E-state index contributed by atoms with van der Waals surface area (Å²) in [7, 11) is 0. The molecule has 0 bridgehead atoms. The van der Waals surface area contributed by atoms with Crippen LogP contribution in [0.4, 0.5) is 0 Å². The van der Waals surface area contributed by atoms with Crippen LogP contribution in [0.15, 0.2) is 12.1 Å². The molecule has 0 aliphatic carbocycles. The fourth-order valence-electron chi connectivity index (χ4n) is 1.63. The monoisotopic (exact) mass is 252 g/mol. The van der Waals surface area contributed by atoms with E-state index in [2.05, 4.69) is 29.9 Å². The second-order valence-electron chi connectivity index (χ2n) is 3.67. The molecule has 16 heavy (non-hydrogen) atoms. The third-order valence-corrected chi connectivity index (χ3v) is 3.79. The van der Waals surface area contributed by atoms with Crippen LogP contribution in [0.25, 0.3) is 10.7 Å². The molecule has 0 unspecified atom stereocenters. The molecule has 0 aromatic carbocycles. The standard InChI is InChI=1S/C12H13ClN2S/c1-4-9-8(3)14-12(15-11(9)13)10-6-5-7(2)16-10/h5-6H,4H2,1-3H3. The van der Waals surface area contributed by atoms with Crippen molar-refractivity contribution in [3.8, 4) is 10.7 Å². The first kappa shape index (κ1) is 11.6. The predicted molar refractivity (Wildman–Crippen MR) is 69.2 cm³/mol. The highest BCUT2D eigenvalue weighted by molar-refractivity contribution is 7.15. The van der Waals surface area contributed by atoms with E-state index in [9.17, 15) is 0 Å². The van der Waals surface area contributed by atoms with Crippen molar-refractivity contribution in [2.24, 2.45) is 0 Å². The third-order valence-electron chi connectivity index (χ3n) is 2.48. The third kappa shape index (κ3) is 2.11. The Morgan fingerprint density at radius 2 is 2.00 bits per heavy atom. The van der Waals surface area contributed by atoms with Crippen LogP contribution in [-0.2, 0) is 6.42 Å². The summed E-state index contributed by atoms with van der Waals surface area (Å²) in [5.74, 6) is 0.734. The number of nitrogens with zero attached hydrogens (tertiary/aromatic N) is 2. The summed E-state index contributed by atoms with van der Waals surface area (Å²) in [5, 5.41) is 0.580. The molecule has 2 aromatic rings. The fourth-order valence-corrected chi connectivity index (χ4v) is 2.78. The molecule has 2 aromatic heterocycles. The zero-order chi connectivity index (χ0) is 11.7. The molecule has 0 N–H and O–H groups in total. The highest BCUT2D eigenvalue weighted by Crippen LogP contribution is 2.27. The first-order chi connectivity index (χ1) is 7.61. The van der Waals surface area contributed by atoms with Crippen molar-refractivity contribution < 1.29 is 0 Å². The molecular weight excluding hydrogens is 240 g/mol. The maximum absolute atomic E-state index is 6.15. The maximum atomic E-state index is 6.15. The Morgan fingerprint density at radius 1 is 1.25 bits per heavy atom. The molecule has 4 heteroatoms. The zero-order valence-corrected chi connectivity index (χ0v) is 11.1. The van der Waals surface area contributed by atoms with Crippen molar-refractivity contribution in [1.82, 2.24) is 9.97 Å². The summed E-state index contributed by atoms with van der Waals surface area (Å²) < 4.78 is 0. The van der Waals surface area contributed by atoms with E-state index >= 15 is 0 Å². The van der Waals surface area contributed by atoms with Crippen LogP contribution in [0.2, 0.25) is 5.15 Å². The molecule has 84 valence electrons. The van der Waals surface area contributed by atoms with E-state index in [-0.39, 0.29) is 0 Å². The fraction of sp³-hybridized carbons (Fsp3) is 0.333. The van der Waals surface area contributed by atoms with Gasteiger partial charge in [0.2, 0.25) is 0 Å². The van der Waals surface area contributed by atoms with Gasteiger partial charge < -0.3 is 0 Å². The average Bonchev–Trinajstić information content (AvgIpc) is 2.64. The number of rotatable bonds is 2. The van der Waals surface area contributed by atoms with Crippen LogP contribution in [0.1, 0.15) is 23.1 Å². The van der Waals surface area contributed by atoms with Crippen LogP contribution >= 0.6 is 22.9 Å². The normalized spacial score (nSPS) is 10.8. The molecule has 0 spiro atoms. The van der Waals surface area contributed by atoms with Crippen molar-refractivity contribution in [2.75, 3.05) is 0 Å². The number of hydrogen-bond acceptors (Lipinski definition) is 3. The van der Waals surface area contributed by atoms with Crippen LogP contribution in [-0.4, -0.2) is 9.97 Å². The van der Waals surface area contributed by atoms with E-state index in [0.29, 0.717) is 5.15 Å².